The molecule has 0 saturated carbocycles. The number of pyridine rings is 2. The van der Waals surface area contributed by atoms with Crippen LogP contribution in [0.15, 0.2) is 47.3 Å². The SMILES string of the molecule is CC[C@@]1(O)C(=O)OCc2c1cc1n(c2=O)Cc2c-1nc1cc(F)c(C)c3c1c2[C@@H](NC(=O)NCCN(CC(N)=O)C(=O)[C@H](Cc1ccccc1)NC(=O)CNC(=O)CNC(=O)OC(C)(C)C)CC3. The molecule has 21 heteroatoms. The van der Waals surface area contributed by atoms with Crippen LogP contribution >= 0.6 is 0 Å². The van der Waals surface area contributed by atoms with Gasteiger partial charge in [-0.3, -0.25) is 24.0 Å². The predicted molar refractivity (Wildman–Crippen MR) is 242 cm³/mol. The molecule has 3 atom stereocenters. The van der Waals surface area contributed by atoms with Crippen molar-refractivity contribution >= 4 is 52.6 Å². The minimum Gasteiger partial charge on any atom is -0.458 e. The highest BCUT2D eigenvalue weighted by Gasteiger charge is 2.46. The van der Waals surface area contributed by atoms with E-state index in [4.69, 9.17) is 20.2 Å². The van der Waals surface area contributed by atoms with Crippen LogP contribution < -0.4 is 37.9 Å². The lowest BCUT2D eigenvalue weighted by atomic mass is 9.81. The molecule has 4 heterocycles. The molecule has 2 aromatic heterocycles. The van der Waals surface area contributed by atoms with Crippen molar-refractivity contribution in [3.8, 4) is 11.4 Å². The van der Waals surface area contributed by atoms with Crippen LogP contribution in [0.1, 0.15) is 85.5 Å². The van der Waals surface area contributed by atoms with E-state index < -0.39 is 96.0 Å². The van der Waals surface area contributed by atoms with Gasteiger partial charge in [0.15, 0.2) is 5.60 Å². The van der Waals surface area contributed by atoms with Gasteiger partial charge >= 0.3 is 18.1 Å². The summed E-state index contributed by atoms with van der Waals surface area (Å²) in [6.07, 6.45) is -0.177. The number of carbonyl (C=O) groups excluding carboxylic acids is 7. The number of fused-ring (bicyclic) bond motifs is 5. The van der Waals surface area contributed by atoms with Gasteiger partial charge in [-0.25, -0.2) is 23.8 Å². The number of hydrogen-bond acceptors (Lipinski definition) is 12. The first-order valence-corrected chi connectivity index (χ1v) is 22.2. The number of ether oxygens (including phenoxy) is 2. The lowest BCUT2D eigenvalue weighted by molar-refractivity contribution is -0.172. The number of esters is 1. The number of amides is 7. The highest BCUT2D eigenvalue weighted by Crippen LogP contribution is 2.46. The lowest BCUT2D eigenvalue weighted by Crippen LogP contribution is -2.54. The summed E-state index contributed by atoms with van der Waals surface area (Å²) in [5.74, 6) is -4.36. The van der Waals surface area contributed by atoms with Gasteiger partial charge < -0.3 is 56.4 Å². The number of halogens is 1. The summed E-state index contributed by atoms with van der Waals surface area (Å²) in [6, 6.07) is 9.03. The number of carbonyl (C=O) groups is 7. The van der Waals surface area contributed by atoms with Crippen LogP contribution in [0.3, 0.4) is 0 Å². The van der Waals surface area contributed by atoms with Crippen molar-refractivity contribution in [3.63, 3.8) is 0 Å². The Balaban J connectivity index is 1.07. The maximum atomic E-state index is 15.4. The maximum Gasteiger partial charge on any atom is 0.408 e. The van der Waals surface area contributed by atoms with E-state index in [0.717, 1.165) is 4.90 Å². The summed E-state index contributed by atoms with van der Waals surface area (Å²) in [5, 5.41) is 25.0. The number of aromatic nitrogens is 2. The van der Waals surface area contributed by atoms with Gasteiger partial charge in [-0.15, -0.1) is 0 Å². The second kappa shape index (κ2) is 19.4. The molecule has 0 saturated heterocycles. The van der Waals surface area contributed by atoms with Gasteiger partial charge in [-0.1, -0.05) is 37.3 Å². The number of alkyl carbamates (subject to hydrolysis) is 1. The Hall–Kier alpha value is -7.42. The van der Waals surface area contributed by atoms with Gasteiger partial charge in [0.2, 0.25) is 23.6 Å². The van der Waals surface area contributed by atoms with E-state index in [2.05, 4.69) is 26.6 Å². The molecule has 0 fully saturated rings. The van der Waals surface area contributed by atoms with Crippen LogP contribution in [0.2, 0.25) is 0 Å². The van der Waals surface area contributed by atoms with Gasteiger partial charge in [0.05, 0.1) is 48.1 Å². The second-order valence-corrected chi connectivity index (χ2v) is 18.0. The first-order chi connectivity index (χ1) is 32.2. The summed E-state index contributed by atoms with van der Waals surface area (Å²) in [5.41, 5.74) is 6.45. The molecular formula is C47H54FN9O11. The van der Waals surface area contributed by atoms with Crippen molar-refractivity contribution in [2.75, 3.05) is 32.7 Å². The predicted octanol–water partition coefficient (Wildman–Crippen LogP) is 1.50. The third-order valence-corrected chi connectivity index (χ3v) is 12.2. The number of aliphatic hydroxyl groups is 1. The number of nitrogens with two attached hydrogens (primary N) is 1. The van der Waals surface area contributed by atoms with Crippen molar-refractivity contribution in [2.24, 2.45) is 5.73 Å². The zero-order chi connectivity index (χ0) is 49.2. The van der Waals surface area contributed by atoms with Gasteiger partial charge in [-0.2, -0.15) is 0 Å². The number of benzene rings is 2. The summed E-state index contributed by atoms with van der Waals surface area (Å²) >= 11 is 0. The van der Waals surface area contributed by atoms with Crippen molar-refractivity contribution < 1.29 is 52.5 Å². The maximum absolute atomic E-state index is 15.4. The third kappa shape index (κ3) is 10.1. The molecule has 4 aromatic rings. The summed E-state index contributed by atoms with van der Waals surface area (Å²) in [7, 11) is 0. The Morgan fingerprint density at radius 3 is 2.44 bits per heavy atom. The van der Waals surface area contributed by atoms with E-state index in [-0.39, 0.29) is 50.2 Å². The quantitative estimate of drug-likeness (QED) is 0.0736. The zero-order valence-electron chi connectivity index (χ0n) is 38.3. The molecule has 2 aliphatic heterocycles. The van der Waals surface area contributed by atoms with Gasteiger partial charge in [0, 0.05) is 42.1 Å². The Morgan fingerprint density at radius 1 is 1.03 bits per heavy atom. The van der Waals surface area contributed by atoms with E-state index in [1.165, 1.54) is 10.6 Å². The van der Waals surface area contributed by atoms with E-state index in [0.29, 0.717) is 62.9 Å². The monoisotopic (exact) mass is 939 g/mol. The first kappa shape index (κ1) is 48.5. The molecule has 0 unspecified atom stereocenters. The van der Waals surface area contributed by atoms with Crippen LogP contribution in [-0.4, -0.2) is 106 Å². The van der Waals surface area contributed by atoms with Crippen LogP contribution in [0, 0.1) is 12.7 Å². The van der Waals surface area contributed by atoms with Gasteiger partial charge in [-0.05, 0) is 75.3 Å². The van der Waals surface area contributed by atoms with E-state index in [1.807, 2.05) is 0 Å². The van der Waals surface area contributed by atoms with Gasteiger partial charge in [0.25, 0.3) is 5.56 Å². The van der Waals surface area contributed by atoms with Crippen molar-refractivity contribution in [1.29, 1.82) is 0 Å². The topological polar surface area (TPSA) is 282 Å². The highest BCUT2D eigenvalue weighted by atomic mass is 19.1. The molecule has 0 spiro atoms. The number of rotatable bonds is 15. The van der Waals surface area contributed by atoms with E-state index >= 15 is 4.39 Å². The number of primary amides is 1. The standard InChI is InChI=1S/C47H54FN9O11/c1-6-47(66)29-17-34-40-27(21-57(34)41(61)28(29)23-67-43(47)63)39-31(13-12-26-24(2)30(48)18-32(54-40)38(26)39)55-44(64)50-14-15-56(22-35(49)58)42(62)33(16-25-10-8-7-9-11-25)53-37(60)20-51-36(59)19-52-45(65)68-46(3,4)5/h7-11,17-18,31,33,66H,6,12-16,19-23H2,1-5H3,(H2,49,58)(H,51,59)(H,52,65)(H,53,60)(H2,50,55,64)/t31-,33-,47-/m0/s1. The Morgan fingerprint density at radius 2 is 1.75 bits per heavy atom. The minimum absolute atomic E-state index is 0.00994. The van der Waals surface area contributed by atoms with Crippen molar-refractivity contribution in [3.05, 3.63) is 97.6 Å². The second-order valence-electron chi connectivity index (χ2n) is 18.0. The first-order valence-electron chi connectivity index (χ1n) is 22.2. The molecule has 7 amide bonds. The van der Waals surface area contributed by atoms with Crippen molar-refractivity contribution in [1.82, 2.24) is 41.0 Å². The third-order valence-electron chi connectivity index (χ3n) is 12.2. The molecule has 360 valence electrons. The average molecular weight is 940 g/mol. The smallest absolute Gasteiger partial charge is 0.408 e. The molecule has 7 rings (SSSR count). The van der Waals surface area contributed by atoms with Gasteiger partial charge in [0.1, 0.15) is 30.6 Å². The molecule has 68 heavy (non-hydrogen) atoms. The summed E-state index contributed by atoms with van der Waals surface area (Å²) < 4.78 is 27.2. The molecule has 3 aliphatic rings. The number of aryl methyl sites for hydroxylation is 1. The van der Waals surface area contributed by atoms with Crippen LogP contribution in [0.5, 0.6) is 0 Å². The number of nitrogens with zero attached hydrogens (tertiary/aromatic N) is 3. The summed E-state index contributed by atoms with van der Waals surface area (Å²) in [4.78, 5) is 110. The summed E-state index contributed by atoms with van der Waals surface area (Å²) in [6.45, 7) is 5.95. The average Bonchev–Trinajstić information content (AvgIpc) is 3.65. The fraction of sp³-hybridized carbons (Fsp3) is 0.426. The Labute approximate surface area is 389 Å². The molecule has 1 aliphatic carbocycles. The Bertz CT molecular complexity index is 2790. The normalized spacial score (nSPS) is 17.1. The minimum atomic E-state index is -2.06. The number of urea groups is 1. The zero-order valence-corrected chi connectivity index (χ0v) is 38.3. The van der Waals surface area contributed by atoms with Crippen LogP contribution in [0.4, 0.5) is 14.0 Å². The fourth-order valence-electron chi connectivity index (χ4n) is 8.89. The molecule has 8 N–H and O–H groups in total. The van der Waals surface area contributed by atoms with Crippen LogP contribution in [0.25, 0.3) is 22.3 Å². The van der Waals surface area contributed by atoms with Crippen LogP contribution in [-0.2, 0) is 65.0 Å². The molecule has 2 aromatic carbocycles. The Kier molecular flexibility index (Phi) is 13.9. The molecule has 0 radical (unpaired) electrons. The number of nitrogens with one attached hydrogen (secondary N) is 5. The lowest BCUT2D eigenvalue weighted by Gasteiger charge is -2.31. The number of cyclic esters (lactones) is 1. The molecule has 0 bridgehead atoms. The molecular weight excluding hydrogens is 886 g/mol. The van der Waals surface area contributed by atoms with E-state index in [9.17, 15) is 43.5 Å². The van der Waals surface area contributed by atoms with E-state index in [1.54, 1.807) is 71.0 Å². The fourth-order valence-corrected chi connectivity index (χ4v) is 8.89. The largest absolute Gasteiger partial charge is 0.458 e. The highest BCUT2D eigenvalue weighted by molar-refractivity contribution is 5.95. The number of hydrogen-bond donors (Lipinski definition) is 7. The van der Waals surface area contributed by atoms with Crippen molar-refractivity contribution in [2.45, 2.75) is 96.7 Å². The molecule has 20 nitrogen and oxygen atoms in total.